The van der Waals surface area contributed by atoms with Gasteiger partial charge in [-0.05, 0) is 17.5 Å². The zero-order valence-electron chi connectivity index (χ0n) is 11.3. The van der Waals surface area contributed by atoms with Crippen LogP contribution in [0.4, 0.5) is 0 Å². The zero-order chi connectivity index (χ0) is 14.0. The second-order valence-corrected chi connectivity index (χ2v) is 5.37. The first-order valence-electron chi connectivity index (χ1n) is 6.54. The van der Waals surface area contributed by atoms with Gasteiger partial charge in [0.05, 0.1) is 0 Å². The molecule has 102 valence electrons. The fourth-order valence-corrected chi connectivity index (χ4v) is 2.35. The van der Waals surface area contributed by atoms with Crippen molar-refractivity contribution in [3.05, 3.63) is 36.0 Å². The van der Waals surface area contributed by atoms with Crippen molar-refractivity contribution in [2.24, 2.45) is 11.7 Å². The molecule has 1 aromatic heterocycles. The van der Waals surface area contributed by atoms with Gasteiger partial charge in [0.15, 0.2) is 0 Å². The third-order valence-corrected chi connectivity index (χ3v) is 3.19. The maximum atomic E-state index is 10.9. The Balaban J connectivity index is 2.41. The molecule has 2 aromatic rings. The maximum Gasteiger partial charge on any atom is 0.320 e. The van der Waals surface area contributed by atoms with Gasteiger partial charge in [0.25, 0.3) is 0 Å². The number of nitrogens with two attached hydrogens (primary N) is 1. The molecule has 0 aliphatic carbocycles. The van der Waals surface area contributed by atoms with Crippen molar-refractivity contribution < 1.29 is 9.90 Å². The number of fused-ring (bicyclic) bond motifs is 1. The summed E-state index contributed by atoms with van der Waals surface area (Å²) in [7, 11) is 0. The van der Waals surface area contributed by atoms with Gasteiger partial charge in [0, 0.05) is 30.1 Å². The van der Waals surface area contributed by atoms with E-state index < -0.39 is 12.0 Å². The van der Waals surface area contributed by atoms with Crippen molar-refractivity contribution in [2.75, 3.05) is 0 Å². The summed E-state index contributed by atoms with van der Waals surface area (Å²) >= 11 is 0. The van der Waals surface area contributed by atoms with Crippen LogP contribution in [0.2, 0.25) is 0 Å². The summed E-state index contributed by atoms with van der Waals surface area (Å²) in [5.74, 6) is -0.419. The third kappa shape index (κ3) is 2.96. The number of hydrogen-bond acceptors (Lipinski definition) is 2. The van der Waals surface area contributed by atoms with Gasteiger partial charge in [-0.2, -0.15) is 0 Å². The minimum Gasteiger partial charge on any atom is -0.480 e. The van der Waals surface area contributed by atoms with Crippen LogP contribution in [0.3, 0.4) is 0 Å². The topological polar surface area (TPSA) is 68.2 Å². The van der Waals surface area contributed by atoms with Crippen LogP contribution in [0.5, 0.6) is 0 Å². The quantitative estimate of drug-likeness (QED) is 0.866. The van der Waals surface area contributed by atoms with E-state index in [2.05, 4.69) is 24.5 Å². The first-order chi connectivity index (χ1) is 8.99. The lowest BCUT2D eigenvalue weighted by Gasteiger charge is -2.07. The second kappa shape index (κ2) is 5.45. The van der Waals surface area contributed by atoms with E-state index in [1.54, 1.807) is 0 Å². The predicted molar refractivity (Wildman–Crippen MR) is 76.1 cm³/mol. The second-order valence-electron chi connectivity index (χ2n) is 5.37. The van der Waals surface area contributed by atoms with E-state index in [1.165, 1.54) is 0 Å². The Morgan fingerprint density at radius 3 is 2.68 bits per heavy atom. The fraction of sp³-hybridized carbons (Fsp3) is 0.400. The summed E-state index contributed by atoms with van der Waals surface area (Å²) in [4.78, 5) is 10.9. The molecule has 2 rings (SSSR count). The lowest BCUT2D eigenvalue weighted by atomic mass is 10.1. The lowest BCUT2D eigenvalue weighted by molar-refractivity contribution is -0.138. The summed E-state index contributed by atoms with van der Waals surface area (Å²) in [5, 5.41) is 10.0. The van der Waals surface area contributed by atoms with Gasteiger partial charge in [-0.15, -0.1) is 0 Å². The summed E-state index contributed by atoms with van der Waals surface area (Å²) in [6.07, 6.45) is 2.40. The molecular formula is C15H20N2O2. The summed E-state index contributed by atoms with van der Waals surface area (Å²) in [6, 6.07) is 7.21. The van der Waals surface area contributed by atoms with Gasteiger partial charge in [0.1, 0.15) is 6.04 Å². The minimum atomic E-state index is -0.958. The first-order valence-corrected chi connectivity index (χ1v) is 6.54. The maximum absolute atomic E-state index is 10.9. The number of aliphatic carboxylic acids is 1. The number of carbonyl (C=O) groups is 1. The lowest BCUT2D eigenvalue weighted by Crippen LogP contribution is -2.32. The van der Waals surface area contributed by atoms with E-state index in [9.17, 15) is 4.79 Å². The molecule has 4 heteroatoms. The highest BCUT2D eigenvalue weighted by atomic mass is 16.4. The van der Waals surface area contributed by atoms with Gasteiger partial charge in [0.2, 0.25) is 0 Å². The minimum absolute atomic E-state index is 0.362. The first kappa shape index (κ1) is 13.6. The van der Waals surface area contributed by atoms with Gasteiger partial charge >= 0.3 is 5.97 Å². The van der Waals surface area contributed by atoms with Gasteiger partial charge in [-0.25, -0.2) is 0 Å². The van der Waals surface area contributed by atoms with Crippen molar-refractivity contribution in [2.45, 2.75) is 32.9 Å². The predicted octanol–water partition coefficient (Wildman–Crippen LogP) is 2.25. The number of benzene rings is 1. The molecular weight excluding hydrogens is 240 g/mol. The molecule has 0 bridgehead atoms. The van der Waals surface area contributed by atoms with Gasteiger partial charge < -0.3 is 15.4 Å². The zero-order valence-corrected chi connectivity index (χ0v) is 11.3. The molecule has 0 aliphatic rings. The normalized spacial score (nSPS) is 13.1. The van der Waals surface area contributed by atoms with Crippen LogP contribution in [-0.4, -0.2) is 21.7 Å². The monoisotopic (exact) mass is 260 g/mol. The van der Waals surface area contributed by atoms with Crippen molar-refractivity contribution in [3.63, 3.8) is 0 Å². The number of para-hydroxylation sites is 1. The molecule has 0 amide bonds. The van der Waals surface area contributed by atoms with Crippen LogP contribution in [0, 0.1) is 5.92 Å². The van der Waals surface area contributed by atoms with Crippen LogP contribution in [0.15, 0.2) is 30.5 Å². The van der Waals surface area contributed by atoms with Gasteiger partial charge in [-0.1, -0.05) is 32.0 Å². The van der Waals surface area contributed by atoms with E-state index in [1.807, 2.05) is 24.4 Å². The standard InChI is InChI=1S/C15H20N2O2/c1-10(2)8-17-9-11(7-13(16)15(18)19)12-5-3-4-6-14(12)17/h3-6,9-10,13H,7-8,16H2,1-2H3,(H,18,19). The number of rotatable bonds is 5. The molecule has 0 saturated heterocycles. The van der Waals surface area contributed by atoms with E-state index >= 15 is 0 Å². The summed E-state index contributed by atoms with van der Waals surface area (Å²) < 4.78 is 2.18. The van der Waals surface area contributed by atoms with Crippen LogP contribution in [0.1, 0.15) is 19.4 Å². The Bertz CT molecular complexity index is 587. The van der Waals surface area contributed by atoms with Crippen LogP contribution in [-0.2, 0) is 17.8 Å². The molecule has 0 radical (unpaired) electrons. The van der Waals surface area contributed by atoms with Crippen molar-refractivity contribution >= 4 is 16.9 Å². The average molecular weight is 260 g/mol. The highest BCUT2D eigenvalue weighted by molar-refractivity contribution is 5.85. The molecule has 0 aliphatic heterocycles. The van der Waals surface area contributed by atoms with E-state index in [0.29, 0.717) is 12.3 Å². The summed E-state index contributed by atoms with van der Waals surface area (Å²) in [5.41, 5.74) is 7.79. The molecule has 0 spiro atoms. The highest BCUT2D eigenvalue weighted by Crippen LogP contribution is 2.23. The third-order valence-electron chi connectivity index (χ3n) is 3.19. The Labute approximate surface area is 112 Å². The highest BCUT2D eigenvalue weighted by Gasteiger charge is 2.16. The van der Waals surface area contributed by atoms with Crippen LogP contribution in [0.25, 0.3) is 10.9 Å². The Hall–Kier alpha value is -1.81. The van der Waals surface area contributed by atoms with E-state index in [-0.39, 0.29) is 0 Å². The molecule has 1 heterocycles. The molecule has 1 unspecified atom stereocenters. The SMILES string of the molecule is CC(C)Cn1cc(CC(N)C(=O)O)c2ccccc21. The number of hydrogen-bond donors (Lipinski definition) is 2. The smallest absolute Gasteiger partial charge is 0.320 e. The fourth-order valence-electron chi connectivity index (χ4n) is 2.35. The van der Waals surface area contributed by atoms with Crippen molar-refractivity contribution in [3.8, 4) is 0 Å². The molecule has 1 aromatic carbocycles. The van der Waals surface area contributed by atoms with Crippen LogP contribution >= 0.6 is 0 Å². The number of nitrogens with zero attached hydrogens (tertiary/aromatic N) is 1. The van der Waals surface area contributed by atoms with Crippen LogP contribution < -0.4 is 5.73 Å². The number of aromatic nitrogens is 1. The molecule has 0 fully saturated rings. The molecule has 1 atom stereocenters. The van der Waals surface area contributed by atoms with Gasteiger partial charge in [-0.3, -0.25) is 4.79 Å². The molecule has 19 heavy (non-hydrogen) atoms. The van der Waals surface area contributed by atoms with Crippen molar-refractivity contribution in [1.82, 2.24) is 4.57 Å². The van der Waals surface area contributed by atoms with E-state index in [0.717, 1.165) is 23.0 Å². The summed E-state index contributed by atoms with van der Waals surface area (Å²) in [6.45, 7) is 5.25. The number of carboxylic acid groups (broad SMARTS) is 1. The Morgan fingerprint density at radius 2 is 2.05 bits per heavy atom. The largest absolute Gasteiger partial charge is 0.480 e. The Morgan fingerprint density at radius 1 is 1.37 bits per heavy atom. The van der Waals surface area contributed by atoms with E-state index in [4.69, 9.17) is 10.8 Å². The Kier molecular flexibility index (Phi) is 3.90. The molecule has 0 saturated carbocycles. The molecule has 3 N–H and O–H groups in total. The molecule has 4 nitrogen and oxygen atoms in total. The number of carboxylic acids is 1. The average Bonchev–Trinajstić information content (AvgIpc) is 2.67. The van der Waals surface area contributed by atoms with Crippen molar-refractivity contribution in [1.29, 1.82) is 0 Å².